The molecule has 2 rings (SSSR count). The van der Waals surface area contributed by atoms with Crippen molar-refractivity contribution in [3.05, 3.63) is 11.2 Å². The molecule has 1 aromatic rings. The summed E-state index contributed by atoms with van der Waals surface area (Å²) >= 11 is 3.43. The van der Waals surface area contributed by atoms with Crippen LogP contribution in [0.1, 0.15) is 43.1 Å². The molecule has 1 aliphatic carbocycles. The number of esters is 1. The second-order valence-corrected chi connectivity index (χ2v) is 6.60. The Balaban J connectivity index is 1.93. The number of anilines is 1. The Kier molecular flexibility index (Phi) is 5.51. The average molecular weight is 300 g/mol. The zero-order valence-corrected chi connectivity index (χ0v) is 13.0. The normalized spacial score (nSPS) is 23.1. The first-order chi connectivity index (χ1) is 9.24. The zero-order valence-electron chi connectivity index (χ0n) is 11.3. The minimum atomic E-state index is -0.330. The maximum atomic E-state index is 11.7. The maximum Gasteiger partial charge on any atom is 0.360 e. The van der Waals surface area contributed by atoms with Crippen LogP contribution in [0.5, 0.6) is 0 Å². The lowest BCUT2D eigenvalue weighted by Crippen LogP contribution is -2.27. The quantitative estimate of drug-likeness (QED) is 0.845. The highest BCUT2D eigenvalue weighted by Gasteiger charge is 2.23. The van der Waals surface area contributed by atoms with Gasteiger partial charge in [0.1, 0.15) is 5.00 Å². The third-order valence-electron chi connectivity index (χ3n) is 3.38. The van der Waals surface area contributed by atoms with E-state index in [4.69, 9.17) is 4.74 Å². The van der Waals surface area contributed by atoms with Gasteiger partial charge in [0, 0.05) is 11.3 Å². The van der Waals surface area contributed by atoms with E-state index >= 15 is 0 Å². The molecule has 0 saturated heterocycles. The average Bonchev–Trinajstić information content (AvgIpc) is 2.88. The molecule has 0 bridgehead atoms. The molecule has 1 N–H and O–H groups in total. The predicted octanol–water partition coefficient (Wildman–Crippen LogP) is 3.41. The van der Waals surface area contributed by atoms with Gasteiger partial charge in [-0.2, -0.15) is 11.8 Å². The van der Waals surface area contributed by atoms with Gasteiger partial charge < -0.3 is 10.1 Å². The van der Waals surface area contributed by atoms with Crippen LogP contribution in [0, 0.1) is 0 Å². The van der Waals surface area contributed by atoms with Gasteiger partial charge in [-0.25, -0.2) is 9.78 Å². The summed E-state index contributed by atoms with van der Waals surface area (Å²) in [6.45, 7) is 2.19. The molecular formula is C13H20N2O2S2. The Bertz CT molecular complexity index is 415. The number of hydrogen-bond donors (Lipinski definition) is 1. The van der Waals surface area contributed by atoms with Crippen LogP contribution in [0.15, 0.2) is 5.51 Å². The van der Waals surface area contributed by atoms with Crippen LogP contribution >= 0.6 is 23.1 Å². The Morgan fingerprint density at radius 1 is 1.53 bits per heavy atom. The second-order valence-electron chi connectivity index (χ2n) is 4.60. The molecule has 106 valence electrons. The largest absolute Gasteiger partial charge is 0.461 e. The van der Waals surface area contributed by atoms with Gasteiger partial charge >= 0.3 is 5.97 Å². The van der Waals surface area contributed by atoms with Crippen LogP contribution in [0.3, 0.4) is 0 Å². The number of thiazole rings is 1. The lowest BCUT2D eigenvalue weighted by atomic mass is 9.95. The van der Waals surface area contributed by atoms with Crippen LogP contribution in [0.2, 0.25) is 0 Å². The second kappa shape index (κ2) is 7.14. The number of hydrogen-bond acceptors (Lipinski definition) is 6. The number of nitrogens with one attached hydrogen (secondary N) is 1. The van der Waals surface area contributed by atoms with Crippen LogP contribution in [-0.4, -0.2) is 35.1 Å². The number of nitrogens with zero attached hydrogens (tertiary/aromatic N) is 1. The van der Waals surface area contributed by atoms with Crippen LogP contribution in [-0.2, 0) is 4.74 Å². The van der Waals surface area contributed by atoms with Gasteiger partial charge in [0.05, 0.1) is 12.1 Å². The molecule has 6 heteroatoms. The van der Waals surface area contributed by atoms with E-state index in [9.17, 15) is 4.79 Å². The van der Waals surface area contributed by atoms with Gasteiger partial charge in [-0.3, -0.25) is 0 Å². The number of carbonyl (C=O) groups excluding carboxylic acids is 1. The summed E-state index contributed by atoms with van der Waals surface area (Å²) in [4.78, 5) is 15.9. The van der Waals surface area contributed by atoms with E-state index in [0.29, 0.717) is 18.3 Å². The number of thioether (sulfide) groups is 1. The molecule has 0 amide bonds. The lowest BCUT2D eigenvalue weighted by molar-refractivity contribution is 0.0521. The van der Waals surface area contributed by atoms with Gasteiger partial charge in [-0.1, -0.05) is 0 Å². The molecule has 1 fully saturated rings. The van der Waals surface area contributed by atoms with E-state index in [1.54, 1.807) is 12.4 Å². The molecule has 0 aromatic carbocycles. The van der Waals surface area contributed by atoms with E-state index < -0.39 is 0 Å². The molecule has 1 saturated carbocycles. The van der Waals surface area contributed by atoms with Crippen LogP contribution < -0.4 is 5.32 Å². The lowest BCUT2D eigenvalue weighted by Gasteiger charge is -2.28. The Morgan fingerprint density at radius 2 is 2.26 bits per heavy atom. The van der Waals surface area contributed by atoms with Crippen molar-refractivity contribution in [2.45, 2.75) is 43.9 Å². The van der Waals surface area contributed by atoms with Crippen molar-refractivity contribution in [3.8, 4) is 0 Å². The van der Waals surface area contributed by atoms with Crippen molar-refractivity contribution in [2.24, 2.45) is 0 Å². The number of ether oxygens (including phenoxy) is 1. The van der Waals surface area contributed by atoms with Crippen molar-refractivity contribution in [2.75, 3.05) is 18.2 Å². The van der Waals surface area contributed by atoms with Gasteiger partial charge in [0.2, 0.25) is 0 Å². The van der Waals surface area contributed by atoms with Crippen LogP contribution in [0.25, 0.3) is 0 Å². The van der Waals surface area contributed by atoms with E-state index in [1.807, 2.05) is 11.8 Å². The number of rotatable bonds is 5. The first kappa shape index (κ1) is 14.7. The zero-order chi connectivity index (χ0) is 13.7. The highest BCUT2D eigenvalue weighted by molar-refractivity contribution is 7.99. The fourth-order valence-corrected chi connectivity index (χ4v) is 3.81. The Labute approximate surface area is 122 Å². The molecule has 19 heavy (non-hydrogen) atoms. The minimum Gasteiger partial charge on any atom is -0.461 e. The molecule has 4 nitrogen and oxygen atoms in total. The molecule has 0 atom stereocenters. The van der Waals surface area contributed by atoms with E-state index in [-0.39, 0.29) is 5.97 Å². The van der Waals surface area contributed by atoms with Gasteiger partial charge in [-0.05, 0) is 38.9 Å². The van der Waals surface area contributed by atoms with Crippen molar-refractivity contribution in [1.82, 2.24) is 4.98 Å². The monoisotopic (exact) mass is 300 g/mol. The highest BCUT2D eigenvalue weighted by Crippen LogP contribution is 2.30. The fourth-order valence-electron chi connectivity index (χ4n) is 2.32. The molecule has 1 aromatic heterocycles. The van der Waals surface area contributed by atoms with Crippen molar-refractivity contribution in [3.63, 3.8) is 0 Å². The summed E-state index contributed by atoms with van der Waals surface area (Å²) in [6, 6.07) is 0.456. The summed E-state index contributed by atoms with van der Waals surface area (Å²) in [5, 5.41) is 5.11. The van der Waals surface area contributed by atoms with E-state index in [1.165, 1.54) is 24.2 Å². The van der Waals surface area contributed by atoms with Crippen molar-refractivity contribution < 1.29 is 9.53 Å². The molecule has 0 radical (unpaired) electrons. The summed E-state index contributed by atoms with van der Waals surface area (Å²) in [5.41, 5.74) is 2.13. The molecular weight excluding hydrogens is 280 g/mol. The standard InChI is InChI=1S/C13H20N2O2S2/c1-3-17-13(16)11-12(19-8-14-11)15-9-4-6-10(18-2)7-5-9/h8-10,15H,3-7H2,1-2H3. The fraction of sp³-hybridized carbons (Fsp3) is 0.692. The summed E-state index contributed by atoms with van der Waals surface area (Å²) in [6.07, 6.45) is 6.98. The Morgan fingerprint density at radius 3 is 2.89 bits per heavy atom. The van der Waals surface area contributed by atoms with Gasteiger partial charge in [0.25, 0.3) is 0 Å². The Hall–Kier alpha value is -0.750. The maximum absolute atomic E-state index is 11.7. The molecule has 0 unspecified atom stereocenters. The first-order valence-electron chi connectivity index (χ1n) is 6.64. The van der Waals surface area contributed by atoms with E-state index in [2.05, 4.69) is 16.6 Å². The smallest absolute Gasteiger partial charge is 0.360 e. The van der Waals surface area contributed by atoms with Crippen LogP contribution in [0.4, 0.5) is 5.00 Å². The highest BCUT2D eigenvalue weighted by atomic mass is 32.2. The third-order valence-corrected chi connectivity index (χ3v) is 5.27. The number of carbonyl (C=O) groups is 1. The third kappa shape index (κ3) is 3.86. The van der Waals surface area contributed by atoms with Crippen molar-refractivity contribution >= 4 is 34.1 Å². The number of aromatic nitrogens is 1. The van der Waals surface area contributed by atoms with Gasteiger partial charge in [0.15, 0.2) is 5.69 Å². The predicted molar refractivity (Wildman–Crippen MR) is 81.3 cm³/mol. The summed E-state index contributed by atoms with van der Waals surface area (Å²) in [5.74, 6) is -0.330. The SMILES string of the molecule is CCOC(=O)c1ncsc1NC1CCC(SC)CC1. The summed E-state index contributed by atoms with van der Waals surface area (Å²) in [7, 11) is 0. The first-order valence-corrected chi connectivity index (χ1v) is 8.81. The molecule has 1 aliphatic rings. The molecule has 0 spiro atoms. The topological polar surface area (TPSA) is 51.2 Å². The molecule has 1 heterocycles. The van der Waals surface area contributed by atoms with E-state index in [0.717, 1.165) is 23.1 Å². The van der Waals surface area contributed by atoms with Gasteiger partial charge in [-0.15, -0.1) is 11.3 Å². The molecule has 0 aliphatic heterocycles. The van der Waals surface area contributed by atoms with Crippen molar-refractivity contribution in [1.29, 1.82) is 0 Å². The summed E-state index contributed by atoms with van der Waals surface area (Å²) < 4.78 is 5.01. The minimum absolute atomic E-state index is 0.330.